The molecule has 0 amide bonds. The van der Waals surface area contributed by atoms with Gasteiger partial charge in [0.25, 0.3) is 0 Å². The molecule has 0 aromatic heterocycles. The number of phenols is 3. The fraction of sp³-hybridized carbons (Fsp3) is 0.100. The molecule has 0 radical (unpaired) electrons. The summed E-state index contributed by atoms with van der Waals surface area (Å²) in [5, 5.41) is 31.5. The highest BCUT2D eigenvalue weighted by molar-refractivity contribution is 6.32. The quantitative estimate of drug-likeness (QED) is 0.487. The molecule has 3 aromatic carbocycles. The van der Waals surface area contributed by atoms with Crippen molar-refractivity contribution in [2.45, 2.75) is 6.92 Å². The summed E-state index contributed by atoms with van der Waals surface area (Å²) in [5.41, 5.74) is 0.282. The van der Waals surface area contributed by atoms with Crippen LogP contribution in [0.5, 0.6) is 23.0 Å². The Bertz CT molecular complexity index is 1140. The Kier molecular flexibility index (Phi) is 3.21. The van der Waals surface area contributed by atoms with Crippen molar-refractivity contribution in [3.05, 3.63) is 58.1 Å². The van der Waals surface area contributed by atoms with Crippen LogP contribution in [0.15, 0.2) is 30.3 Å². The summed E-state index contributed by atoms with van der Waals surface area (Å²) >= 11 is 0. The van der Waals surface area contributed by atoms with Crippen molar-refractivity contribution >= 4 is 22.3 Å². The maximum Gasteiger partial charge on any atom is 0.201 e. The van der Waals surface area contributed by atoms with E-state index in [1.807, 2.05) is 0 Å². The number of ketones is 2. The van der Waals surface area contributed by atoms with E-state index in [9.17, 15) is 24.9 Å². The van der Waals surface area contributed by atoms with Gasteiger partial charge in [-0.25, -0.2) is 0 Å². The molecule has 1 aliphatic carbocycles. The van der Waals surface area contributed by atoms with Crippen molar-refractivity contribution in [2.75, 3.05) is 7.11 Å². The summed E-state index contributed by atoms with van der Waals surface area (Å²) in [7, 11) is 1.38. The first kappa shape index (κ1) is 16.0. The fourth-order valence-corrected chi connectivity index (χ4v) is 3.53. The molecule has 0 saturated carbocycles. The summed E-state index contributed by atoms with van der Waals surface area (Å²) in [5.74, 6) is -1.64. The van der Waals surface area contributed by atoms with E-state index < -0.39 is 11.6 Å². The monoisotopic (exact) mass is 350 g/mol. The lowest BCUT2D eigenvalue weighted by Crippen LogP contribution is -2.21. The van der Waals surface area contributed by atoms with Crippen LogP contribution in [0.25, 0.3) is 10.8 Å². The Hall–Kier alpha value is -3.54. The Balaban J connectivity index is 2.11. The lowest BCUT2D eigenvalue weighted by Gasteiger charge is -2.21. The number of fused-ring (bicyclic) bond motifs is 3. The van der Waals surface area contributed by atoms with Crippen LogP contribution < -0.4 is 4.74 Å². The van der Waals surface area contributed by atoms with Gasteiger partial charge in [-0.15, -0.1) is 0 Å². The molecule has 0 bridgehead atoms. The Morgan fingerprint density at radius 1 is 0.846 bits per heavy atom. The number of aromatic hydroxyl groups is 3. The molecule has 6 heteroatoms. The third kappa shape index (κ3) is 1.99. The summed E-state index contributed by atoms with van der Waals surface area (Å²) in [4.78, 5) is 25.9. The first-order valence-electron chi connectivity index (χ1n) is 7.83. The van der Waals surface area contributed by atoms with Crippen molar-refractivity contribution in [1.29, 1.82) is 0 Å². The Morgan fingerprint density at radius 2 is 1.54 bits per heavy atom. The van der Waals surface area contributed by atoms with Crippen LogP contribution in [-0.2, 0) is 0 Å². The van der Waals surface area contributed by atoms with Crippen LogP contribution in [0.1, 0.15) is 37.4 Å². The minimum Gasteiger partial charge on any atom is -0.508 e. The zero-order valence-electron chi connectivity index (χ0n) is 14.0. The summed E-state index contributed by atoms with van der Waals surface area (Å²) < 4.78 is 5.05. The second-order valence-electron chi connectivity index (χ2n) is 6.24. The van der Waals surface area contributed by atoms with Crippen LogP contribution in [0.4, 0.5) is 0 Å². The number of ether oxygens (including phenoxy) is 1. The molecule has 3 aromatic rings. The first-order valence-corrected chi connectivity index (χ1v) is 7.83. The van der Waals surface area contributed by atoms with E-state index in [4.69, 9.17) is 4.74 Å². The molecule has 6 nitrogen and oxygen atoms in total. The molecule has 130 valence electrons. The molecule has 0 heterocycles. The van der Waals surface area contributed by atoms with Crippen molar-refractivity contribution in [3.8, 4) is 23.0 Å². The molecule has 0 atom stereocenters. The van der Waals surface area contributed by atoms with E-state index in [0.29, 0.717) is 16.3 Å². The fourth-order valence-electron chi connectivity index (χ4n) is 3.53. The molecule has 0 unspecified atom stereocenters. The molecule has 1 aliphatic rings. The van der Waals surface area contributed by atoms with Crippen LogP contribution in [0.3, 0.4) is 0 Å². The van der Waals surface area contributed by atoms with Gasteiger partial charge in [0.1, 0.15) is 23.0 Å². The smallest absolute Gasteiger partial charge is 0.201 e. The standard InChI is InChI=1S/C20H14O6/c1-8-3-10(21)4-9-5-12-17(19(24)15(8)9)20(25)16-13(18(12)23)6-11(26-2)7-14(16)22/h3-7,21-22,24H,1-2H3. The average Bonchev–Trinajstić information content (AvgIpc) is 2.57. The third-order valence-corrected chi connectivity index (χ3v) is 4.66. The van der Waals surface area contributed by atoms with Gasteiger partial charge in [-0.2, -0.15) is 0 Å². The number of hydrogen-bond acceptors (Lipinski definition) is 6. The van der Waals surface area contributed by atoms with Crippen molar-refractivity contribution in [2.24, 2.45) is 0 Å². The van der Waals surface area contributed by atoms with Gasteiger partial charge >= 0.3 is 0 Å². The van der Waals surface area contributed by atoms with E-state index in [0.717, 1.165) is 0 Å². The Morgan fingerprint density at radius 3 is 2.23 bits per heavy atom. The SMILES string of the molecule is COc1cc(O)c2c(c1)C(=O)c1cc3cc(O)cc(C)c3c(O)c1C2=O. The van der Waals surface area contributed by atoms with Crippen LogP contribution in [-0.4, -0.2) is 34.0 Å². The number of rotatable bonds is 1. The molecular formula is C20H14O6. The van der Waals surface area contributed by atoms with Crippen molar-refractivity contribution in [1.82, 2.24) is 0 Å². The lowest BCUT2D eigenvalue weighted by molar-refractivity contribution is 0.0974. The van der Waals surface area contributed by atoms with E-state index >= 15 is 0 Å². The summed E-state index contributed by atoms with van der Waals surface area (Å²) in [6.07, 6.45) is 0. The summed E-state index contributed by atoms with van der Waals surface area (Å²) in [6, 6.07) is 6.97. The van der Waals surface area contributed by atoms with Gasteiger partial charge in [0.05, 0.1) is 18.2 Å². The van der Waals surface area contributed by atoms with E-state index in [-0.39, 0.29) is 45.3 Å². The van der Waals surface area contributed by atoms with Gasteiger partial charge in [-0.3, -0.25) is 9.59 Å². The normalized spacial score (nSPS) is 12.8. The predicted octanol–water partition coefficient (Wildman–Crippen LogP) is 3.05. The maximum absolute atomic E-state index is 13.0. The minimum absolute atomic E-state index is 0.00924. The highest BCUT2D eigenvalue weighted by atomic mass is 16.5. The average molecular weight is 350 g/mol. The van der Waals surface area contributed by atoms with Gasteiger partial charge in [0.2, 0.25) is 5.78 Å². The minimum atomic E-state index is -0.637. The molecule has 26 heavy (non-hydrogen) atoms. The van der Waals surface area contributed by atoms with E-state index in [1.165, 1.54) is 37.4 Å². The van der Waals surface area contributed by atoms with E-state index in [1.54, 1.807) is 6.92 Å². The topological polar surface area (TPSA) is 104 Å². The molecule has 0 spiro atoms. The van der Waals surface area contributed by atoms with E-state index in [2.05, 4.69) is 0 Å². The molecule has 3 N–H and O–H groups in total. The van der Waals surface area contributed by atoms with Gasteiger partial charge < -0.3 is 20.1 Å². The largest absolute Gasteiger partial charge is 0.508 e. The van der Waals surface area contributed by atoms with Crippen LogP contribution >= 0.6 is 0 Å². The highest BCUT2D eigenvalue weighted by Crippen LogP contribution is 2.43. The number of aryl methyl sites for hydroxylation is 1. The molecule has 4 rings (SSSR count). The maximum atomic E-state index is 13.0. The number of hydrogen-bond donors (Lipinski definition) is 3. The van der Waals surface area contributed by atoms with Gasteiger partial charge in [-0.1, -0.05) is 0 Å². The number of phenolic OH excluding ortho intramolecular Hbond substituents is 3. The molecule has 0 aliphatic heterocycles. The molecule has 0 saturated heterocycles. The predicted molar refractivity (Wildman–Crippen MR) is 93.5 cm³/mol. The molecular weight excluding hydrogens is 336 g/mol. The summed E-state index contributed by atoms with van der Waals surface area (Å²) in [6.45, 7) is 1.68. The zero-order valence-corrected chi connectivity index (χ0v) is 14.0. The highest BCUT2D eigenvalue weighted by Gasteiger charge is 2.36. The van der Waals surface area contributed by atoms with Crippen LogP contribution in [0, 0.1) is 6.92 Å². The second kappa shape index (κ2) is 5.23. The van der Waals surface area contributed by atoms with Crippen molar-refractivity contribution < 1.29 is 29.6 Å². The van der Waals surface area contributed by atoms with Gasteiger partial charge in [0.15, 0.2) is 5.78 Å². The van der Waals surface area contributed by atoms with Gasteiger partial charge in [-0.05, 0) is 42.1 Å². The number of benzene rings is 3. The van der Waals surface area contributed by atoms with Gasteiger partial charge in [0, 0.05) is 22.6 Å². The van der Waals surface area contributed by atoms with Crippen LogP contribution in [0.2, 0.25) is 0 Å². The number of methoxy groups -OCH3 is 1. The molecule has 0 fully saturated rings. The lowest BCUT2D eigenvalue weighted by atomic mass is 9.81. The third-order valence-electron chi connectivity index (χ3n) is 4.66. The second-order valence-corrected chi connectivity index (χ2v) is 6.24. The Labute approximate surface area is 147 Å². The number of carbonyl (C=O) groups is 2. The first-order chi connectivity index (χ1) is 12.3. The van der Waals surface area contributed by atoms with Crippen molar-refractivity contribution in [3.63, 3.8) is 0 Å². The number of carbonyl (C=O) groups excluding carboxylic acids is 2. The zero-order chi connectivity index (χ0) is 18.7.